The highest BCUT2D eigenvalue weighted by Crippen LogP contribution is 2.66. The average Bonchev–Trinajstić information content (AvgIpc) is 3.32. The molecule has 2 saturated heterocycles. The molecule has 7 heteroatoms. The highest BCUT2D eigenvalue weighted by Gasteiger charge is 2.76. The summed E-state index contributed by atoms with van der Waals surface area (Å²) in [6.45, 7) is 1.76. The molecule has 0 aromatic heterocycles. The number of fused-ring (bicyclic) bond motifs is 1. The van der Waals surface area contributed by atoms with Crippen LogP contribution >= 0.6 is 0 Å². The number of nitrogens with zero attached hydrogens (tertiary/aromatic N) is 1. The number of piperidine rings is 1. The maximum atomic E-state index is 13.6. The lowest BCUT2D eigenvalue weighted by Gasteiger charge is -2.61. The highest BCUT2D eigenvalue weighted by molar-refractivity contribution is 5.87. The first-order chi connectivity index (χ1) is 14.6. The van der Waals surface area contributed by atoms with Gasteiger partial charge in [0, 0.05) is 24.6 Å². The number of benzene rings is 1. The quantitative estimate of drug-likeness (QED) is 0.807. The van der Waals surface area contributed by atoms with Gasteiger partial charge in [-0.15, -0.1) is 0 Å². The summed E-state index contributed by atoms with van der Waals surface area (Å²) in [6.07, 6.45) is 2.99. The average molecular weight is 413 g/mol. The number of aliphatic hydroxyl groups is 1. The first-order valence-electron chi connectivity index (χ1n) is 11.2. The molecule has 7 rings (SSSR count). The maximum absolute atomic E-state index is 13.6. The summed E-state index contributed by atoms with van der Waals surface area (Å²) < 4.78 is 24.5. The van der Waals surface area contributed by atoms with Crippen LogP contribution in [0.25, 0.3) is 0 Å². The van der Waals surface area contributed by atoms with Crippen molar-refractivity contribution in [2.45, 2.75) is 61.6 Å². The summed E-state index contributed by atoms with van der Waals surface area (Å²) in [7, 11) is 1.63. The number of likely N-dealkylation sites (tertiary alicyclic amines) is 1. The number of hydrogen-bond donors (Lipinski definition) is 1. The van der Waals surface area contributed by atoms with E-state index in [2.05, 4.69) is 6.07 Å². The molecule has 0 radical (unpaired) electrons. The topological polar surface area (TPSA) is 77.5 Å². The lowest BCUT2D eigenvalue weighted by Crippen LogP contribution is -2.77. The Morgan fingerprint density at radius 2 is 2.03 bits per heavy atom. The molecular formula is C23H27NO6. The van der Waals surface area contributed by atoms with Crippen LogP contribution in [0.3, 0.4) is 0 Å². The summed E-state index contributed by atoms with van der Waals surface area (Å²) in [6, 6.07) is 4.11. The fourth-order valence-electron chi connectivity index (χ4n) is 7.22. The Kier molecular flexibility index (Phi) is 3.38. The van der Waals surface area contributed by atoms with E-state index in [1.54, 1.807) is 7.11 Å². The number of ether oxygens (including phenoxy) is 4. The third-order valence-corrected chi connectivity index (χ3v) is 8.54. The Balaban J connectivity index is 1.47. The Morgan fingerprint density at radius 1 is 1.23 bits per heavy atom. The van der Waals surface area contributed by atoms with Gasteiger partial charge in [0.15, 0.2) is 17.6 Å². The normalized spacial score (nSPS) is 39.8. The number of rotatable bonds is 3. The summed E-state index contributed by atoms with van der Waals surface area (Å²) in [4.78, 5) is 15.6. The van der Waals surface area contributed by atoms with Crippen molar-refractivity contribution in [3.63, 3.8) is 0 Å². The Morgan fingerprint density at radius 3 is 2.77 bits per heavy atom. The van der Waals surface area contributed by atoms with Crippen LogP contribution in [0.15, 0.2) is 12.1 Å². The van der Waals surface area contributed by atoms with Crippen LogP contribution in [0.4, 0.5) is 0 Å². The molecule has 3 heterocycles. The summed E-state index contributed by atoms with van der Waals surface area (Å²) in [5.74, 6) is 0.922. The van der Waals surface area contributed by atoms with E-state index in [1.807, 2.05) is 11.0 Å². The van der Waals surface area contributed by atoms with Gasteiger partial charge in [0.1, 0.15) is 6.10 Å². The second-order valence-corrected chi connectivity index (χ2v) is 9.82. The second kappa shape index (κ2) is 5.69. The van der Waals surface area contributed by atoms with E-state index in [1.165, 1.54) is 12.8 Å². The third kappa shape index (κ3) is 1.91. The molecule has 7 nitrogen and oxygen atoms in total. The fourth-order valence-corrected chi connectivity index (χ4v) is 7.22. The largest absolute Gasteiger partial charge is 0.493 e. The van der Waals surface area contributed by atoms with Crippen molar-refractivity contribution in [2.75, 3.05) is 26.9 Å². The van der Waals surface area contributed by atoms with Crippen LogP contribution in [0.2, 0.25) is 0 Å². The van der Waals surface area contributed by atoms with Crippen molar-refractivity contribution in [3.05, 3.63) is 23.3 Å². The van der Waals surface area contributed by atoms with Gasteiger partial charge in [-0.3, -0.25) is 4.79 Å². The molecule has 2 saturated carbocycles. The molecule has 2 spiro atoms. The molecule has 6 aliphatic rings. The van der Waals surface area contributed by atoms with E-state index in [-0.39, 0.29) is 17.9 Å². The minimum Gasteiger partial charge on any atom is -0.493 e. The number of carbonyl (C=O) groups is 1. The number of hydrogen-bond acceptors (Lipinski definition) is 6. The van der Waals surface area contributed by atoms with Gasteiger partial charge in [-0.2, -0.15) is 0 Å². The van der Waals surface area contributed by atoms with Crippen molar-refractivity contribution in [1.82, 2.24) is 4.90 Å². The van der Waals surface area contributed by atoms with Crippen LogP contribution in [-0.4, -0.2) is 66.8 Å². The highest BCUT2D eigenvalue weighted by atomic mass is 16.8. The van der Waals surface area contributed by atoms with E-state index < -0.39 is 23.4 Å². The molecule has 1 aromatic carbocycles. The molecule has 3 aliphatic heterocycles. The molecule has 160 valence electrons. The number of carbonyl (C=O) groups excluding carboxylic acids is 1. The predicted molar refractivity (Wildman–Crippen MR) is 104 cm³/mol. The van der Waals surface area contributed by atoms with Crippen LogP contribution in [0.5, 0.6) is 11.5 Å². The van der Waals surface area contributed by atoms with Gasteiger partial charge in [0.25, 0.3) is 5.91 Å². The van der Waals surface area contributed by atoms with Crippen molar-refractivity contribution >= 4 is 5.91 Å². The van der Waals surface area contributed by atoms with Crippen LogP contribution in [0.1, 0.15) is 36.8 Å². The molecule has 4 fully saturated rings. The molecule has 3 aliphatic carbocycles. The van der Waals surface area contributed by atoms with Gasteiger partial charge < -0.3 is 29.0 Å². The van der Waals surface area contributed by atoms with Gasteiger partial charge in [0.2, 0.25) is 5.79 Å². The van der Waals surface area contributed by atoms with Crippen molar-refractivity contribution in [2.24, 2.45) is 11.8 Å². The molecule has 1 amide bonds. The molecular weight excluding hydrogens is 386 g/mol. The first-order valence-corrected chi connectivity index (χ1v) is 11.2. The smallest absolute Gasteiger partial charge is 0.252 e. The van der Waals surface area contributed by atoms with Gasteiger partial charge in [-0.05, 0) is 49.1 Å². The zero-order valence-electron chi connectivity index (χ0n) is 17.1. The third-order valence-electron chi connectivity index (χ3n) is 8.54. The molecule has 30 heavy (non-hydrogen) atoms. The number of methoxy groups -OCH3 is 1. The zero-order valence-corrected chi connectivity index (χ0v) is 17.1. The lowest BCUT2D eigenvalue weighted by molar-refractivity contribution is -0.272. The molecule has 1 aromatic rings. The minimum atomic E-state index is -1.17. The minimum absolute atomic E-state index is 0.0817. The monoisotopic (exact) mass is 413 g/mol. The van der Waals surface area contributed by atoms with Gasteiger partial charge >= 0.3 is 0 Å². The van der Waals surface area contributed by atoms with E-state index in [0.717, 1.165) is 30.5 Å². The Bertz CT molecular complexity index is 938. The van der Waals surface area contributed by atoms with Gasteiger partial charge in [-0.1, -0.05) is 6.07 Å². The summed E-state index contributed by atoms with van der Waals surface area (Å²) >= 11 is 0. The maximum Gasteiger partial charge on any atom is 0.252 e. The predicted octanol–water partition coefficient (Wildman–Crippen LogP) is 1.38. The fraction of sp³-hybridized carbons (Fsp3) is 0.696. The van der Waals surface area contributed by atoms with Crippen LogP contribution in [0, 0.1) is 11.8 Å². The SMILES string of the molecule is COc1ccc2c3c1O[C@H]1C4(CC[C@H]5[C@H](C2)N(CC2CC2)C(=O)C(O)[C@@]351)OCCO4. The van der Waals surface area contributed by atoms with Crippen molar-refractivity contribution in [1.29, 1.82) is 0 Å². The van der Waals surface area contributed by atoms with Crippen molar-refractivity contribution < 1.29 is 28.8 Å². The molecule has 1 N–H and O–H groups in total. The lowest BCUT2D eigenvalue weighted by atomic mass is 9.49. The Hall–Kier alpha value is -1.83. The van der Waals surface area contributed by atoms with Crippen LogP contribution in [-0.2, 0) is 26.1 Å². The van der Waals surface area contributed by atoms with Crippen LogP contribution < -0.4 is 9.47 Å². The van der Waals surface area contributed by atoms with E-state index in [4.69, 9.17) is 18.9 Å². The zero-order chi connectivity index (χ0) is 20.3. The standard InChI is InChI=1S/C23H27NO6/c1-27-16-5-4-13-10-15-14-6-7-22(28-8-9-29-22)21-23(14,17(13)18(16)30-21)19(25)20(26)24(15)11-12-2-3-12/h4-5,12,14-15,19,21,25H,2-3,6-11H2,1H3/t14-,15-,19?,21-,23-/m0/s1. The first kappa shape index (κ1) is 17.8. The van der Waals surface area contributed by atoms with Gasteiger partial charge in [0.05, 0.1) is 25.7 Å². The van der Waals surface area contributed by atoms with E-state index >= 15 is 0 Å². The molecule has 2 bridgehead atoms. The van der Waals surface area contributed by atoms with E-state index in [9.17, 15) is 9.90 Å². The molecule has 5 atom stereocenters. The second-order valence-electron chi connectivity index (χ2n) is 9.82. The number of aliphatic hydroxyl groups excluding tert-OH is 1. The van der Waals surface area contributed by atoms with Gasteiger partial charge in [-0.25, -0.2) is 0 Å². The van der Waals surface area contributed by atoms with Crippen molar-refractivity contribution in [3.8, 4) is 11.5 Å². The number of amides is 1. The van der Waals surface area contributed by atoms with E-state index in [0.29, 0.717) is 37.1 Å². The Labute approximate surface area is 175 Å². The summed E-state index contributed by atoms with van der Waals surface area (Å²) in [5.41, 5.74) is 1.26. The molecule has 1 unspecified atom stereocenters. The summed E-state index contributed by atoms with van der Waals surface area (Å²) in [5, 5.41) is 11.7.